The van der Waals surface area contributed by atoms with E-state index in [2.05, 4.69) is 27.4 Å². The van der Waals surface area contributed by atoms with Crippen LogP contribution in [0, 0.1) is 0 Å². The van der Waals surface area contributed by atoms with Gasteiger partial charge in [0.05, 0.1) is 12.3 Å². The van der Waals surface area contributed by atoms with Gasteiger partial charge >= 0.3 is 0 Å². The van der Waals surface area contributed by atoms with E-state index in [4.69, 9.17) is 4.74 Å². The standard InChI is InChI=1S/C17H17N3O/c1-2-21-17-16(7-4-9-19-17)20-12-14-6-3-5-13-11-18-10-8-15(13)14/h3-11,20H,2,12H2,1H3. The SMILES string of the molecule is CCOc1ncccc1NCc1cccc2cnccc12. The van der Waals surface area contributed by atoms with E-state index in [1.54, 1.807) is 6.20 Å². The van der Waals surface area contributed by atoms with Crippen LogP contribution >= 0.6 is 0 Å². The van der Waals surface area contributed by atoms with Crippen LogP contribution in [0.3, 0.4) is 0 Å². The van der Waals surface area contributed by atoms with Gasteiger partial charge in [-0.2, -0.15) is 0 Å². The highest BCUT2D eigenvalue weighted by atomic mass is 16.5. The number of nitrogens with zero attached hydrogens (tertiary/aromatic N) is 2. The van der Waals surface area contributed by atoms with Gasteiger partial charge in [0.25, 0.3) is 0 Å². The maximum atomic E-state index is 5.53. The summed E-state index contributed by atoms with van der Waals surface area (Å²) in [6, 6.07) is 12.2. The first-order chi connectivity index (χ1) is 10.4. The Morgan fingerprint density at radius 1 is 1.10 bits per heavy atom. The molecule has 0 radical (unpaired) electrons. The van der Waals surface area contributed by atoms with Crippen LogP contribution in [0.5, 0.6) is 5.88 Å². The van der Waals surface area contributed by atoms with Crippen molar-refractivity contribution in [3.05, 3.63) is 60.6 Å². The molecule has 3 aromatic rings. The Bertz CT molecular complexity index is 737. The minimum absolute atomic E-state index is 0.603. The van der Waals surface area contributed by atoms with Gasteiger partial charge in [-0.25, -0.2) is 4.98 Å². The number of fused-ring (bicyclic) bond motifs is 1. The van der Waals surface area contributed by atoms with Gasteiger partial charge in [-0.05, 0) is 36.1 Å². The second-order valence-electron chi connectivity index (χ2n) is 4.66. The number of nitrogens with one attached hydrogen (secondary N) is 1. The maximum absolute atomic E-state index is 5.53. The molecule has 0 fully saturated rings. The average molecular weight is 279 g/mol. The first kappa shape index (κ1) is 13.4. The Morgan fingerprint density at radius 3 is 2.95 bits per heavy atom. The van der Waals surface area contributed by atoms with E-state index in [1.807, 2.05) is 43.6 Å². The lowest BCUT2D eigenvalue weighted by atomic mass is 10.1. The van der Waals surface area contributed by atoms with Crippen molar-refractivity contribution in [3.63, 3.8) is 0 Å². The van der Waals surface area contributed by atoms with Gasteiger partial charge in [0, 0.05) is 30.5 Å². The van der Waals surface area contributed by atoms with Crippen LogP contribution in [0.2, 0.25) is 0 Å². The van der Waals surface area contributed by atoms with Crippen molar-refractivity contribution in [3.8, 4) is 5.88 Å². The molecule has 106 valence electrons. The minimum atomic E-state index is 0.603. The summed E-state index contributed by atoms with van der Waals surface area (Å²) in [6.07, 6.45) is 5.44. The summed E-state index contributed by atoms with van der Waals surface area (Å²) in [5.41, 5.74) is 2.13. The third kappa shape index (κ3) is 2.94. The lowest BCUT2D eigenvalue weighted by Gasteiger charge is -2.12. The topological polar surface area (TPSA) is 47.0 Å². The molecule has 3 rings (SSSR count). The molecule has 0 bridgehead atoms. The molecule has 4 nitrogen and oxygen atoms in total. The summed E-state index contributed by atoms with van der Waals surface area (Å²) in [7, 11) is 0. The van der Waals surface area contributed by atoms with E-state index >= 15 is 0 Å². The zero-order valence-corrected chi connectivity index (χ0v) is 11.9. The van der Waals surface area contributed by atoms with E-state index < -0.39 is 0 Å². The smallest absolute Gasteiger partial charge is 0.237 e. The van der Waals surface area contributed by atoms with E-state index in [9.17, 15) is 0 Å². The van der Waals surface area contributed by atoms with Gasteiger partial charge in [0.2, 0.25) is 5.88 Å². The van der Waals surface area contributed by atoms with E-state index in [1.165, 1.54) is 10.9 Å². The molecule has 2 aromatic heterocycles. The van der Waals surface area contributed by atoms with Crippen molar-refractivity contribution in [2.45, 2.75) is 13.5 Å². The first-order valence-corrected chi connectivity index (χ1v) is 7.02. The molecular weight excluding hydrogens is 262 g/mol. The Labute approximate surface area is 123 Å². The Kier molecular flexibility index (Phi) is 3.96. The van der Waals surface area contributed by atoms with Gasteiger partial charge in [-0.15, -0.1) is 0 Å². The molecule has 0 aliphatic rings. The fourth-order valence-corrected chi connectivity index (χ4v) is 2.31. The van der Waals surface area contributed by atoms with Gasteiger partial charge in [0.15, 0.2) is 0 Å². The van der Waals surface area contributed by atoms with Gasteiger partial charge < -0.3 is 10.1 Å². The van der Waals surface area contributed by atoms with Crippen LogP contribution in [0.15, 0.2) is 55.0 Å². The molecule has 0 atom stereocenters. The predicted octanol–water partition coefficient (Wildman–Crippen LogP) is 3.64. The van der Waals surface area contributed by atoms with Crippen molar-refractivity contribution < 1.29 is 4.74 Å². The van der Waals surface area contributed by atoms with Gasteiger partial charge in [-0.1, -0.05) is 18.2 Å². The molecule has 1 aromatic carbocycles. The summed E-state index contributed by atoms with van der Waals surface area (Å²) in [5.74, 6) is 0.641. The number of benzene rings is 1. The summed E-state index contributed by atoms with van der Waals surface area (Å²) in [4.78, 5) is 8.41. The largest absolute Gasteiger partial charge is 0.476 e. The molecular formula is C17H17N3O. The number of hydrogen-bond acceptors (Lipinski definition) is 4. The van der Waals surface area contributed by atoms with Crippen LogP contribution in [0.25, 0.3) is 10.8 Å². The second-order valence-corrected chi connectivity index (χ2v) is 4.66. The molecule has 0 aliphatic heterocycles. The van der Waals surface area contributed by atoms with Crippen LogP contribution < -0.4 is 10.1 Å². The number of pyridine rings is 2. The van der Waals surface area contributed by atoms with E-state index in [0.717, 1.165) is 11.1 Å². The van der Waals surface area contributed by atoms with Crippen molar-refractivity contribution in [2.75, 3.05) is 11.9 Å². The highest BCUT2D eigenvalue weighted by Crippen LogP contribution is 2.23. The van der Waals surface area contributed by atoms with Crippen LogP contribution in [-0.2, 0) is 6.54 Å². The van der Waals surface area contributed by atoms with Crippen LogP contribution in [0.1, 0.15) is 12.5 Å². The van der Waals surface area contributed by atoms with Gasteiger partial charge in [-0.3, -0.25) is 4.98 Å². The van der Waals surface area contributed by atoms with Crippen molar-refractivity contribution in [2.24, 2.45) is 0 Å². The molecule has 1 N–H and O–H groups in total. The predicted molar refractivity (Wildman–Crippen MR) is 84.5 cm³/mol. The Morgan fingerprint density at radius 2 is 2.05 bits per heavy atom. The summed E-state index contributed by atoms with van der Waals surface area (Å²) >= 11 is 0. The highest BCUT2D eigenvalue weighted by molar-refractivity contribution is 5.85. The number of rotatable bonds is 5. The zero-order valence-electron chi connectivity index (χ0n) is 11.9. The fraction of sp³-hybridized carbons (Fsp3) is 0.176. The number of aromatic nitrogens is 2. The third-order valence-corrected chi connectivity index (χ3v) is 3.29. The molecule has 0 saturated carbocycles. The molecule has 0 spiro atoms. The molecule has 4 heteroatoms. The fourth-order valence-electron chi connectivity index (χ4n) is 2.31. The molecule has 21 heavy (non-hydrogen) atoms. The Balaban J connectivity index is 1.84. The third-order valence-electron chi connectivity index (χ3n) is 3.29. The molecule has 0 unspecified atom stereocenters. The van der Waals surface area contributed by atoms with E-state index in [-0.39, 0.29) is 0 Å². The average Bonchev–Trinajstić information content (AvgIpc) is 2.54. The first-order valence-electron chi connectivity index (χ1n) is 7.02. The van der Waals surface area contributed by atoms with Crippen LogP contribution in [0.4, 0.5) is 5.69 Å². The minimum Gasteiger partial charge on any atom is -0.476 e. The summed E-state index contributed by atoms with van der Waals surface area (Å²) in [5, 5.41) is 5.75. The second kappa shape index (κ2) is 6.22. The number of ether oxygens (including phenoxy) is 1. The molecule has 0 amide bonds. The lowest BCUT2D eigenvalue weighted by molar-refractivity contribution is 0.328. The highest BCUT2D eigenvalue weighted by Gasteiger charge is 2.05. The normalized spacial score (nSPS) is 10.5. The molecule has 2 heterocycles. The van der Waals surface area contributed by atoms with Gasteiger partial charge in [0.1, 0.15) is 0 Å². The molecule has 0 aliphatic carbocycles. The van der Waals surface area contributed by atoms with E-state index in [0.29, 0.717) is 19.0 Å². The molecule has 0 saturated heterocycles. The maximum Gasteiger partial charge on any atom is 0.237 e. The lowest BCUT2D eigenvalue weighted by Crippen LogP contribution is -2.04. The van der Waals surface area contributed by atoms with Crippen molar-refractivity contribution in [1.82, 2.24) is 9.97 Å². The quantitative estimate of drug-likeness (QED) is 0.774. The monoisotopic (exact) mass is 279 g/mol. The Hall–Kier alpha value is -2.62. The summed E-state index contributed by atoms with van der Waals surface area (Å²) < 4.78 is 5.53. The van der Waals surface area contributed by atoms with Crippen molar-refractivity contribution >= 4 is 16.5 Å². The summed E-state index contributed by atoms with van der Waals surface area (Å²) in [6.45, 7) is 3.27. The van der Waals surface area contributed by atoms with Crippen molar-refractivity contribution in [1.29, 1.82) is 0 Å². The van der Waals surface area contributed by atoms with Crippen LogP contribution in [-0.4, -0.2) is 16.6 Å². The zero-order chi connectivity index (χ0) is 14.5. The number of anilines is 1. The number of hydrogen-bond donors (Lipinski definition) is 1.